The summed E-state index contributed by atoms with van der Waals surface area (Å²) in [6.07, 6.45) is 0. The van der Waals surface area contributed by atoms with Gasteiger partial charge >= 0.3 is 0 Å². The van der Waals surface area contributed by atoms with Gasteiger partial charge in [0.05, 0.1) is 5.00 Å². The van der Waals surface area contributed by atoms with Crippen LogP contribution in [0, 0.1) is 0 Å². The molecule has 0 atom stereocenters. The molecule has 1 aromatic heterocycles. The first-order valence-corrected chi connectivity index (χ1v) is 8.09. The summed E-state index contributed by atoms with van der Waals surface area (Å²) in [6.45, 7) is 4.62. The van der Waals surface area contributed by atoms with Crippen molar-refractivity contribution in [2.24, 2.45) is 0 Å². The van der Waals surface area contributed by atoms with Crippen LogP contribution in [0.2, 0.25) is 0 Å². The number of thiophene rings is 1. The Kier molecular flexibility index (Phi) is 2.69. The molecule has 2 aromatic carbocycles. The zero-order valence-electron chi connectivity index (χ0n) is 12.2. The summed E-state index contributed by atoms with van der Waals surface area (Å²) in [6, 6.07) is 19.7. The maximum Gasteiger partial charge on any atom is 0.0926 e. The van der Waals surface area contributed by atoms with Gasteiger partial charge in [-0.25, -0.2) is 0 Å². The molecule has 0 spiro atoms. The fraction of sp³-hybridized carbons (Fsp3) is 0.158. The quantitative estimate of drug-likeness (QED) is 0.629. The Balaban J connectivity index is 1.82. The molecule has 1 N–H and O–H groups in total. The highest BCUT2D eigenvalue weighted by atomic mass is 32.1. The van der Waals surface area contributed by atoms with Crippen molar-refractivity contribution in [1.29, 1.82) is 0 Å². The molecule has 3 aromatic rings. The summed E-state index contributed by atoms with van der Waals surface area (Å²) in [4.78, 5) is 0. The molecular weight excluding hydrogens is 274 g/mol. The summed E-state index contributed by atoms with van der Waals surface area (Å²) in [7, 11) is 0. The molecule has 0 bridgehead atoms. The predicted octanol–water partition coefficient (Wildman–Crippen LogP) is 5.80. The van der Waals surface area contributed by atoms with Gasteiger partial charge < -0.3 is 5.32 Å². The maximum absolute atomic E-state index is 3.50. The minimum absolute atomic E-state index is 0.0685. The van der Waals surface area contributed by atoms with Crippen LogP contribution in [0.15, 0.2) is 60.0 Å². The first-order valence-electron chi connectivity index (χ1n) is 7.21. The average Bonchev–Trinajstić information content (AvgIpc) is 3.07. The lowest BCUT2D eigenvalue weighted by molar-refractivity contribution is 0.660. The maximum atomic E-state index is 3.50. The molecule has 0 fully saturated rings. The van der Waals surface area contributed by atoms with Crippen LogP contribution >= 0.6 is 11.3 Å². The zero-order valence-corrected chi connectivity index (χ0v) is 13.0. The van der Waals surface area contributed by atoms with E-state index in [9.17, 15) is 0 Å². The Morgan fingerprint density at radius 2 is 1.67 bits per heavy atom. The number of rotatable bonds is 2. The fourth-order valence-corrected chi connectivity index (χ4v) is 3.91. The van der Waals surface area contributed by atoms with E-state index in [1.165, 1.54) is 27.3 Å². The lowest BCUT2D eigenvalue weighted by atomic mass is 9.82. The van der Waals surface area contributed by atoms with Crippen LogP contribution in [0.25, 0.3) is 11.1 Å². The molecule has 1 aliphatic rings. The van der Waals surface area contributed by atoms with E-state index in [4.69, 9.17) is 0 Å². The van der Waals surface area contributed by atoms with Gasteiger partial charge in [0.15, 0.2) is 0 Å². The van der Waals surface area contributed by atoms with Crippen LogP contribution in [0.3, 0.4) is 0 Å². The summed E-state index contributed by atoms with van der Waals surface area (Å²) >= 11 is 1.73. The molecule has 4 rings (SSSR count). The molecule has 2 heteroatoms. The number of hydrogen-bond acceptors (Lipinski definition) is 2. The van der Waals surface area contributed by atoms with E-state index in [0.717, 1.165) is 5.69 Å². The molecule has 1 aliphatic carbocycles. The predicted molar refractivity (Wildman–Crippen MR) is 91.6 cm³/mol. The highest BCUT2D eigenvalue weighted by molar-refractivity contribution is 7.14. The lowest BCUT2D eigenvalue weighted by Gasteiger charge is -2.22. The number of benzene rings is 2. The first-order chi connectivity index (χ1) is 10.2. The zero-order chi connectivity index (χ0) is 14.4. The van der Waals surface area contributed by atoms with E-state index in [2.05, 4.69) is 79.1 Å². The number of nitrogens with one attached hydrogen (secondary N) is 1. The molecule has 0 aliphatic heterocycles. The van der Waals surface area contributed by atoms with Crippen LogP contribution in [-0.2, 0) is 5.41 Å². The first kappa shape index (κ1) is 12.7. The molecular formula is C19H17NS. The van der Waals surface area contributed by atoms with Crippen LogP contribution in [0.1, 0.15) is 25.0 Å². The van der Waals surface area contributed by atoms with Crippen molar-refractivity contribution < 1.29 is 0 Å². The molecule has 104 valence electrons. The van der Waals surface area contributed by atoms with Crippen LogP contribution < -0.4 is 5.32 Å². The van der Waals surface area contributed by atoms with Crippen molar-refractivity contribution in [3.63, 3.8) is 0 Å². The third kappa shape index (κ3) is 1.90. The van der Waals surface area contributed by atoms with E-state index in [-0.39, 0.29) is 5.41 Å². The van der Waals surface area contributed by atoms with Gasteiger partial charge in [0.1, 0.15) is 0 Å². The molecule has 0 saturated carbocycles. The van der Waals surface area contributed by atoms with Crippen molar-refractivity contribution in [2.45, 2.75) is 19.3 Å². The van der Waals surface area contributed by atoms with Gasteiger partial charge in [0.2, 0.25) is 0 Å². The average molecular weight is 291 g/mol. The van der Waals surface area contributed by atoms with E-state index >= 15 is 0 Å². The van der Waals surface area contributed by atoms with Gasteiger partial charge in [-0.3, -0.25) is 0 Å². The van der Waals surface area contributed by atoms with Crippen LogP contribution in [0.5, 0.6) is 0 Å². The highest BCUT2D eigenvalue weighted by Crippen LogP contribution is 2.49. The lowest BCUT2D eigenvalue weighted by Crippen LogP contribution is -2.15. The topological polar surface area (TPSA) is 12.0 Å². The molecule has 0 saturated heterocycles. The Bertz CT molecular complexity index is 800. The SMILES string of the molecule is CC1(C)c2ccccc2-c2ccc(Nc3cccs3)cc21. The Labute approximate surface area is 129 Å². The molecule has 0 amide bonds. The minimum Gasteiger partial charge on any atom is -0.347 e. The fourth-order valence-electron chi connectivity index (χ4n) is 3.27. The summed E-state index contributed by atoms with van der Waals surface area (Å²) in [5, 5.41) is 6.77. The van der Waals surface area contributed by atoms with Crippen molar-refractivity contribution in [3.05, 3.63) is 71.1 Å². The molecule has 0 unspecified atom stereocenters. The van der Waals surface area contributed by atoms with E-state index in [0.29, 0.717) is 0 Å². The summed E-state index contributed by atoms with van der Waals surface area (Å²) in [5.41, 5.74) is 6.81. The van der Waals surface area contributed by atoms with Crippen LogP contribution in [0.4, 0.5) is 10.7 Å². The third-order valence-electron chi connectivity index (χ3n) is 4.37. The molecule has 1 nitrogen and oxygen atoms in total. The second kappa shape index (κ2) is 4.47. The molecule has 21 heavy (non-hydrogen) atoms. The Morgan fingerprint density at radius 1 is 0.857 bits per heavy atom. The summed E-state index contributed by atoms with van der Waals surface area (Å²) in [5.74, 6) is 0. The van der Waals surface area contributed by atoms with Crippen molar-refractivity contribution in [3.8, 4) is 11.1 Å². The monoisotopic (exact) mass is 291 g/mol. The van der Waals surface area contributed by atoms with Gasteiger partial charge in [-0.15, -0.1) is 11.3 Å². The minimum atomic E-state index is 0.0685. The second-order valence-corrected chi connectivity index (χ2v) is 6.98. The van der Waals surface area contributed by atoms with Gasteiger partial charge in [-0.1, -0.05) is 44.2 Å². The van der Waals surface area contributed by atoms with Crippen molar-refractivity contribution >= 4 is 22.0 Å². The standard InChI is InChI=1S/C19H17NS/c1-19(2)16-7-4-3-6-14(16)15-10-9-13(12-17(15)19)20-18-8-5-11-21-18/h3-12,20H,1-2H3. The Hall–Kier alpha value is -2.06. The number of anilines is 2. The third-order valence-corrected chi connectivity index (χ3v) is 5.16. The van der Waals surface area contributed by atoms with E-state index < -0.39 is 0 Å². The van der Waals surface area contributed by atoms with E-state index in [1.54, 1.807) is 11.3 Å². The van der Waals surface area contributed by atoms with Crippen molar-refractivity contribution in [1.82, 2.24) is 0 Å². The largest absolute Gasteiger partial charge is 0.347 e. The molecule has 0 radical (unpaired) electrons. The van der Waals surface area contributed by atoms with E-state index in [1.807, 2.05) is 0 Å². The molecule has 1 heterocycles. The number of fused-ring (bicyclic) bond motifs is 3. The van der Waals surface area contributed by atoms with Gasteiger partial charge in [-0.2, -0.15) is 0 Å². The normalized spacial score (nSPS) is 14.6. The van der Waals surface area contributed by atoms with Crippen LogP contribution in [-0.4, -0.2) is 0 Å². The second-order valence-electron chi connectivity index (χ2n) is 6.03. The van der Waals surface area contributed by atoms with Gasteiger partial charge in [0, 0.05) is 11.1 Å². The smallest absolute Gasteiger partial charge is 0.0926 e. The van der Waals surface area contributed by atoms with Gasteiger partial charge in [0.25, 0.3) is 0 Å². The van der Waals surface area contributed by atoms with Crippen molar-refractivity contribution in [2.75, 3.05) is 5.32 Å². The summed E-state index contributed by atoms with van der Waals surface area (Å²) < 4.78 is 0. The number of hydrogen-bond donors (Lipinski definition) is 1. The highest BCUT2D eigenvalue weighted by Gasteiger charge is 2.35. The Morgan fingerprint density at radius 3 is 2.48 bits per heavy atom. The van der Waals surface area contributed by atoms with Gasteiger partial charge in [-0.05, 0) is 51.9 Å².